The second-order valence-electron chi connectivity index (χ2n) is 5.15. The van der Waals surface area contributed by atoms with Crippen LogP contribution < -0.4 is 4.72 Å². The second-order valence-corrected chi connectivity index (χ2v) is 6.88. The third kappa shape index (κ3) is 3.35. The number of hydrogen-bond acceptors (Lipinski definition) is 4. The fraction of sp³-hybridized carbons (Fsp3) is 0.538. The fourth-order valence-corrected chi connectivity index (χ4v) is 3.38. The summed E-state index contributed by atoms with van der Waals surface area (Å²) in [6, 6.07) is 3.55. The largest absolute Gasteiger partial charge is 0.392 e. The number of hydrogen-bond donors (Lipinski definition) is 2. The van der Waals surface area contributed by atoms with Crippen molar-refractivity contribution in [2.45, 2.75) is 36.9 Å². The Labute approximate surface area is 117 Å². The summed E-state index contributed by atoms with van der Waals surface area (Å²) in [5.74, 6) is -0.874. The molecule has 0 bridgehead atoms. The fourth-order valence-electron chi connectivity index (χ4n) is 2.16. The molecule has 0 radical (unpaired) electrons. The van der Waals surface area contributed by atoms with Crippen molar-refractivity contribution in [1.82, 2.24) is 4.72 Å². The molecule has 7 heteroatoms. The first-order valence-corrected chi connectivity index (χ1v) is 7.88. The Morgan fingerprint density at radius 1 is 1.50 bits per heavy atom. The smallest absolute Gasteiger partial charge is 0.243 e. The molecule has 1 unspecified atom stereocenters. The highest BCUT2D eigenvalue weighted by Gasteiger charge is 2.32. The van der Waals surface area contributed by atoms with Gasteiger partial charge in [0, 0.05) is 13.2 Å². The van der Waals surface area contributed by atoms with Crippen molar-refractivity contribution < 1.29 is 22.7 Å². The summed E-state index contributed by atoms with van der Waals surface area (Å²) in [5.41, 5.74) is -0.207. The van der Waals surface area contributed by atoms with Crippen LogP contribution in [0.25, 0.3) is 0 Å². The third-order valence-electron chi connectivity index (χ3n) is 3.40. The Morgan fingerprint density at radius 3 is 2.80 bits per heavy atom. The summed E-state index contributed by atoms with van der Waals surface area (Å²) >= 11 is 0. The summed E-state index contributed by atoms with van der Waals surface area (Å²) in [5, 5.41) is 8.89. The summed E-state index contributed by atoms with van der Waals surface area (Å²) in [6.07, 6.45) is 1.65. The van der Waals surface area contributed by atoms with E-state index < -0.39 is 26.3 Å². The maximum atomic E-state index is 13.8. The van der Waals surface area contributed by atoms with Gasteiger partial charge in [0.15, 0.2) is 0 Å². The molecule has 1 fully saturated rings. The van der Waals surface area contributed by atoms with Crippen molar-refractivity contribution in [3.63, 3.8) is 0 Å². The monoisotopic (exact) mass is 303 g/mol. The van der Waals surface area contributed by atoms with Crippen molar-refractivity contribution in [3.05, 3.63) is 29.6 Å². The van der Waals surface area contributed by atoms with Gasteiger partial charge in [-0.2, -0.15) is 0 Å². The quantitative estimate of drug-likeness (QED) is 0.856. The molecule has 20 heavy (non-hydrogen) atoms. The molecule has 1 aliphatic rings. The molecule has 0 saturated carbocycles. The zero-order chi connectivity index (χ0) is 14.8. The highest BCUT2D eigenvalue weighted by atomic mass is 32.2. The van der Waals surface area contributed by atoms with Crippen molar-refractivity contribution in [2.24, 2.45) is 0 Å². The zero-order valence-corrected chi connectivity index (χ0v) is 12.0. The van der Waals surface area contributed by atoms with Crippen LogP contribution in [0.15, 0.2) is 23.1 Å². The van der Waals surface area contributed by atoms with E-state index in [0.29, 0.717) is 12.2 Å². The normalized spacial score (nSPS) is 23.1. The Bertz CT molecular complexity index is 582. The van der Waals surface area contributed by atoms with E-state index >= 15 is 0 Å². The molecular formula is C13H18FNO4S. The van der Waals surface area contributed by atoms with Crippen LogP contribution in [0.5, 0.6) is 0 Å². The summed E-state index contributed by atoms with van der Waals surface area (Å²) in [6.45, 7) is 2.21. The molecule has 0 aliphatic carbocycles. The van der Waals surface area contributed by atoms with Gasteiger partial charge in [0.25, 0.3) is 0 Å². The van der Waals surface area contributed by atoms with E-state index in [1.165, 1.54) is 6.07 Å². The molecule has 1 heterocycles. The number of nitrogens with one attached hydrogen (secondary N) is 1. The van der Waals surface area contributed by atoms with E-state index in [-0.39, 0.29) is 13.2 Å². The highest BCUT2D eigenvalue weighted by Crippen LogP contribution is 2.25. The molecule has 1 aliphatic heterocycles. The third-order valence-corrected chi connectivity index (χ3v) is 4.84. The lowest BCUT2D eigenvalue weighted by Crippen LogP contribution is -2.40. The minimum absolute atomic E-state index is 0.108. The minimum Gasteiger partial charge on any atom is -0.392 e. The van der Waals surface area contributed by atoms with E-state index in [2.05, 4.69) is 4.72 Å². The Hall–Kier alpha value is -1.02. The van der Waals surface area contributed by atoms with Gasteiger partial charge in [-0.1, -0.05) is 6.07 Å². The molecule has 0 amide bonds. The maximum Gasteiger partial charge on any atom is 0.243 e. The van der Waals surface area contributed by atoms with Crippen LogP contribution in [0.1, 0.15) is 25.3 Å². The van der Waals surface area contributed by atoms with Gasteiger partial charge in [-0.3, -0.25) is 0 Å². The predicted molar refractivity (Wildman–Crippen MR) is 71.1 cm³/mol. The number of rotatable bonds is 5. The van der Waals surface area contributed by atoms with Gasteiger partial charge < -0.3 is 9.84 Å². The average molecular weight is 303 g/mol. The van der Waals surface area contributed by atoms with Crippen LogP contribution >= 0.6 is 0 Å². The van der Waals surface area contributed by atoms with Gasteiger partial charge in [-0.15, -0.1) is 0 Å². The first kappa shape index (κ1) is 15.4. The molecule has 1 saturated heterocycles. The number of halogens is 1. The molecule has 5 nitrogen and oxygen atoms in total. The van der Waals surface area contributed by atoms with Gasteiger partial charge in [0.1, 0.15) is 10.7 Å². The average Bonchev–Trinajstić information content (AvgIpc) is 2.84. The number of ether oxygens (including phenoxy) is 1. The van der Waals surface area contributed by atoms with Crippen LogP contribution in [0, 0.1) is 5.82 Å². The molecule has 1 atom stereocenters. The minimum atomic E-state index is -3.93. The molecule has 2 N–H and O–H groups in total. The first-order chi connectivity index (χ1) is 9.36. The highest BCUT2D eigenvalue weighted by molar-refractivity contribution is 7.89. The predicted octanol–water partition coefficient (Wildman–Crippen LogP) is 1.17. The standard InChI is InChI=1S/C13H18FNO4S/c1-13(5-2-6-19-13)9-15-20(17,18)12-4-3-10(8-16)7-11(12)14/h3-4,7,15-16H,2,5-6,8-9H2,1H3. The molecule has 2 rings (SSSR count). The number of sulfonamides is 1. The van der Waals surface area contributed by atoms with Gasteiger partial charge in [-0.25, -0.2) is 17.5 Å². The van der Waals surface area contributed by atoms with Gasteiger partial charge >= 0.3 is 0 Å². The van der Waals surface area contributed by atoms with Gasteiger partial charge in [-0.05, 0) is 37.5 Å². The summed E-state index contributed by atoms with van der Waals surface area (Å²) in [7, 11) is -3.93. The Balaban J connectivity index is 2.14. The van der Waals surface area contributed by atoms with Crippen LogP contribution in [0.3, 0.4) is 0 Å². The van der Waals surface area contributed by atoms with Crippen molar-refractivity contribution >= 4 is 10.0 Å². The van der Waals surface area contributed by atoms with E-state index in [9.17, 15) is 12.8 Å². The van der Waals surface area contributed by atoms with E-state index in [1.54, 1.807) is 0 Å². The van der Waals surface area contributed by atoms with Crippen molar-refractivity contribution in [1.29, 1.82) is 0 Å². The number of aliphatic hydroxyl groups is 1. The zero-order valence-electron chi connectivity index (χ0n) is 11.2. The topological polar surface area (TPSA) is 75.6 Å². The first-order valence-electron chi connectivity index (χ1n) is 6.39. The van der Waals surface area contributed by atoms with Crippen LogP contribution in [-0.4, -0.2) is 32.3 Å². The van der Waals surface area contributed by atoms with E-state index in [0.717, 1.165) is 25.0 Å². The number of aliphatic hydroxyl groups excluding tert-OH is 1. The Morgan fingerprint density at radius 2 is 2.25 bits per heavy atom. The maximum absolute atomic E-state index is 13.8. The van der Waals surface area contributed by atoms with E-state index in [4.69, 9.17) is 9.84 Å². The summed E-state index contributed by atoms with van der Waals surface area (Å²) < 4.78 is 45.8. The lowest BCUT2D eigenvalue weighted by molar-refractivity contribution is 0.0250. The SMILES string of the molecule is CC1(CNS(=O)(=O)c2ccc(CO)cc2F)CCCO1. The Kier molecular flexibility index (Phi) is 4.43. The van der Waals surface area contributed by atoms with Crippen molar-refractivity contribution in [2.75, 3.05) is 13.2 Å². The molecule has 112 valence electrons. The lowest BCUT2D eigenvalue weighted by atomic mass is 10.0. The van der Waals surface area contributed by atoms with Crippen LogP contribution in [0.4, 0.5) is 4.39 Å². The molecule has 0 spiro atoms. The number of benzene rings is 1. The van der Waals surface area contributed by atoms with E-state index in [1.807, 2.05) is 6.92 Å². The lowest BCUT2D eigenvalue weighted by Gasteiger charge is -2.23. The molecule has 1 aromatic rings. The van der Waals surface area contributed by atoms with Gasteiger partial charge in [0.05, 0.1) is 12.2 Å². The summed E-state index contributed by atoms with van der Waals surface area (Å²) in [4.78, 5) is -0.420. The van der Waals surface area contributed by atoms with Crippen LogP contribution in [-0.2, 0) is 21.4 Å². The second kappa shape index (κ2) is 5.77. The van der Waals surface area contributed by atoms with Crippen molar-refractivity contribution in [3.8, 4) is 0 Å². The van der Waals surface area contributed by atoms with Gasteiger partial charge in [0.2, 0.25) is 10.0 Å². The molecular weight excluding hydrogens is 285 g/mol. The molecule has 0 aromatic heterocycles. The molecule has 1 aromatic carbocycles. The van der Waals surface area contributed by atoms with Crippen LogP contribution in [0.2, 0.25) is 0 Å².